The fourth-order valence-electron chi connectivity index (χ4n) is 1.18. The van der Waals surface area contributed by atoms with E-state index < -0.39 is 0 Å². The second-order valence-electron chi connectivity index (χ2n) is 3.59. The van der Waals surface area contributed by atoms with Gasteiger partial charge in [-0.25, -0.2) is 4.98 Å². The highest BCUT2D eigenvalue weighted by Crippen LogP contribution is 2.10. The summed E-state index contributed by atoms with van der Waals surface area (Å²) >= 11 is 1.43. The molecule has 0 amide bonds. The molecule has 0 fully saturated rings. The maximum atomic E-state index is 5.01. The third-order valence-corrected chi connectivity index (χ3v) is 2.94. The van der Waals surface area contributed by atoms with E-state index in [1.807, 2.05) is 0 Å². The maximum Gasteiger partial charge on any atom is 0.202 e. The molecule has 92 valence electrons. The van der Waals surface area contributed by atoms with Crippen LogP contribution in [0.1, 0.15) is 12.7 Å². The minimum Gasteiger partial charge on any atom is -0.383 e. The van der Waals surface area contributed by atoms with Crippen molar-refractivity contribution in [1.82, 2.24) is 14.3 Å². The molecular weight excluding hydrogens is 224 g/mol. The fourth-order valence-corrected chi connectivity index (χ4v) is 1.86. The van der Waals surface area contributed by atoms with Crippen LogP contribution in [0.15, 0.2) is 0 Å². The number of anilines is 1. The lowest BCUT2D eigenvalue weighted by Gasteiger charge is -2.15. The highest BCUT2D eigenvalue weighted by atomic mass is 32.1. The van der Waals surface area contributed by atoms with E-state index in [9.17, 15) is 0 Å². The average Bonchev–Trinajstić information content (AvgIpc) is 2.74. The van der Waals surface area contributed by atoms with Gasteiger partial charge in [-0.15, -0.1) is 0 Å². The van der Waals surface area contributed by atoms with E-state index >= 15 is 0 Å². The number of aryl methyl sites for hydroxylation is 1. The normalized spacial score (nSPS) is 11.0. The van der Waals surface area contributed by atoms with Gasteiger partial charge in [0.1, 0.15) is 5.82 Å². The molecule has 0 saturated heterocycles. The Balaban J connectivity index is 2.14. The summed E-state index contributed by atoms with van der Waals surface area (Å²) in [7, 11) is 3.80. The molecular formula is C10H20N4OS. The number of hydrogen-bond acceptors (Lipinski definition) is 6. The second-order valence-corrected chi connectivity index (χ2v) is 4.34. The summed E-state index contributed by atoms with van der Waals surface area (Å²) in [6.45, 7) is 5.65. The third-order valence-electron chi connectivity index (χ3n) is 2.23. The van der Waals surface area contributed by atoms with Crippen molar-refractivity contribution >= 4 is 16.7 Å². The Labute approximate surface area is 101 Å². The second kappa shape index (κ2) is 7.54. The van der Waals surface area contributed by atoms with Crippen molar-refractivity contribution < 1.29 is 4.74 Å². The van der Waals surface area contributed by atoms with E-state index in [0.717, 1.165) is 43.6 Å². The molecule has 0 aliphatic rings. The molecule has 0 aliphatic heterocycles. The van der Waals surface area contributed by atoms with Gasteiger partial charge in [0, 0.05) is 44.7 Å². The molecule has 0 saturated carbocycles. The summed E-state index contributed by atoms with van der Waals surface area (Å²) in [6, 6.07) is 0. The van der Waals surface area contributed by atoms with E-state index in [0.29, 0.717) is 0 Å². The first-order valence-electron chi connectivity index (χ1n) is 5.50. The Morgan fingerprint density at radius 3 is 2.88 bits per heavy atom. The molecule has 0 bridgehead atoms. The highest BCUT2D eigenvalue weighted by Gasteiger charge is 2.02. The highest BCUT2D eigenvalue weighted by molar-refractivity contribution is 7.09. The fraction of sp³-hybridized carbons (Fsp3) is 0.800. The van der Waals surface area contributed by atoms with E-state index in [-0.39, 0.29) is 0 Å². The number of likely N-dealkylation sites (N-methyl/N-ethyl adjacent to an activating group) is 1. The van der Waals surface area contributed by atoms with Crippen LogP contribution < -0.4 is 5.32 Å². The van der Waals surface area contributed by atoms with E-state index in [1.54, 1.807) is 7.11 Å². The first-order chi connectivity index (χ1) is 7.76. The largest absolute Gasteiger partial charge is 0.383 e. The molecule has 5 nitrogen and oxygen atoms in total. The molecule has 1 rings (SSSR count). The van der Waals surface area contributed by atoms with Crippen LogP contribution in [-0.4, -0.2) is 54.7 Å². The monoisotopic (exact) mass is 244 g/mol. The summed E-state index contributed by atoms with van der Waals surface area (Å²) < 4.78 is 9.23. The van der Waals surface area contributed by atoms with Crippen molar-refractivity contribution in [2.45, 2.75) is 13.3 Å². The number of methoxy groups -OCH3 is 1. The number of aromatic nitrogens is 2. The Morgan fingerprint density at radius 2 is 2.25 bits per heavy atom. The topological polar surface area (TPSA) is 50.3 Å². The van der Waals surface area contributed by atoms with Crippen LogP contribution in [0, 0.1) is 0 Å². The van der Waals surface area contributed by atoms with Gasteiger partial charge in [-0.3, -0.25) is 0 Å². The Hall–Kier alpha value is -0.720. The molecule has 16 heavy (non-hydrogen) atoms. The van der Waals surface area contributed by atoms with Gasteiger partial charge >= 0.3 is 0 Å². The van der Waals surface area contributed by atoms with Crippen molar-refractivity contribution in [3.8, 4) is 0 Å². The van der Waals surface area contributed by atoms with Gasteiger partial charge in [0.25, 0.3) is 0 Å². The predicted molar refractivity (Wildman–Crippen MR) is 67.1 cm³/mol. The quantitative estimate of drug-likeness (QED) is 0.742. The maximum absolute atomic E-state index is 5.01. The summed E-state index contributed by atoms with van der Waals surface area (Å²) in [5.41, 5.74) is 0. The lowest BCUT2D eigenvalue weighted by molar-refractivity contribution is 0.163. The van der Waals surface area contributed by atoms with Crippen molar-refractivity contribution in [3.05, 3.63) is 5.82 Å². The smallest absolute Gasteiger partial charge is 0.202 e. The molecule has 0 unspecified atom stereocenters. The van der Waals surface area contributed by atoms with Crippen LogP contribution in [0.2, 0.25) is 0 Å². The van der Waals surface area contributed by atoms with Gasteiger partial charge in [-0.2, -0.15) is 4.37 Å². The van der Waals surface area contributed by atoms with Crippen molar-refractivity contribution in [2.75, 3.05) is 45.7 Å². The Kier molecular flexibility index (Phi) is 6.29. The molecule has 1 aromatic rings. The summed E-state index contributed by atoms with van der Waals surface area (Å²) in [6.07, 6.45) is 0.895. The van der Waals surface area contributed by atoms with Crippen LogP contribution in [0.5, 0.6) is 0 Å². The van der Waals surface area contributed by atoms with Gasteiger partial charge in [0.05, 0.1) is 6.61 Å². The van der Waals surface area contributed by atoms with Crippen LogP contribution in [-0.2, 0) is 11.2 Å². The van der Waals surface area contributed by atoms with Crippen LogP contribution >= 0.6 is 11.5 Å². The van der Waals surface area contributed by atoms with Crippen molar-refractivity contribution in [2.24, 2.45) is 0 Å². The third kappa shape index (κ3) is 4.87. The zero-order valence-corrected chi connectivity index (χ0v) is 11.0. The molecule has 0 atom stereocenters. The molecule has 0 aromatic carbocycles. The van der Waals surface area contributed by atoms with Gasteiger partial charge < -0.3 is 15.0 Å². The number of nitrogens with zero attached hydrogens (tertiary/aromatic N) is 3. The number of ether oxygens (including phenoxy) is 1. The molecule has 0 aliphatic carbocycles. The predicted octanol–water partition coefficient (Wildman–Crippen LogP) is 1.09. The SMILES string of the molecule is CCc1nsc(NCCN(C)CCOC)n1. The average molecular weight is 244 g/mol. The van der Waals surface area contributed by atoms with Crippen LogP contribution in [0.3, 0.4) is 0 Å². The molecule has 1 heterocycles. The molecule has 6 heteroatoms. The van der Waals surface area contributed by atoms with Gasteiger partial charge in [0.15, 0.2) is 0 Å². The van der Waals surface area contributed by atoms with E-state index in [2.05, 4.69) is 33.5 Å². The van der Waals surface area contributed by atoms with E-state index in [1.165, 1.54) is 11.5 Å². The minimum absolute atomic E-state index is 0.773. The van der Waals surface area contributed by atoms with Crippen molar-refractivity contribution in [1.29, 1.82) is 0 Å². The van der Waals surface area contributed by atoms with Crippen LogP contribution in [0.25, 0.3) is 0 Å². The lowest BCUT2D eigenvalue weighted by atomic mass is 10.5. The zero-order chi connectivity index (χ0) is 11.8. The standard InChI is InChI=1S/C10H20N4OS/c1-4-9-12-10(16-13-9)11-5-6-14(2)7-8-15-3/h4-8H2,1-3H3,(H,11,12,13). The van der Waals surface area contributed by atoms with Gasteiger partial charge in [-0.05, 0) is 7.05 Å². The summed E-state index contributed by atoms with van der Waals surface area (Å²) in [5.74, 6) is 0.917. The molecule has 1 aromatic heterocycles. The summed E-state index contributed by atoms with van der Waals surface area (Å²) in [5, 5.41) is 4.18. The zero-order valence-electron chi connectivity index (χ0n) is 10.2. The Bertz CT molecular complexity index is 292. The van der Waals surface area contributed by atoms with E-state index in [4.69, 9.17) is 4.74 Å². The number of rotatable bonds is 8. The molecule has 1 N–H and O–H groups in total. The summed E-state index contributed by atoms with van der Waals surface area (Å²) in [4.78, 5) is 6.56. The lowest BCUT2D eigenvalue weighted by Crippen LogP contribution is -2.28. The van der Waals surface area contributed by atoms with Crippen molar-refractivity contribution in [3.63, 3.8) is 0 Å². The first-order valence-corrected chi connectivity index (χ1v) is 6.27. The number of hydrogen-bond donors (Lipinski definition) is 1. The Morgan fingerprint density at radius 1 is 1.44 bits per heavy atom. The van der Waals surface area contributed by atoms with Gasteiger partial charge in [0.2, 0.25) is 5.13 Å². The number of nitrogens with one attached hydrogen (secondary N) is 1. The van der Waals surface area contributed by atoms with Gasteiger partial charge in [-0.1, -0.05) is 6.92 Å². The molecule has 0 radical (unpaired) electrons. The molecule has 0 spiro atoms. The van der Waals surface area contributed by atoms with Crippen LogP contribution in [0.4, 0.5) is 5.13 Å². The first kappa shape index (κ1) is 13.3. The minimum atomic E-state index is 0.773.